The highest BCUT2D eigenvalue weighted by Gasteiger charge is 2.31. The minimum Gasteiger partial charge on any atom is -0.508 e. The summed E-state index contributed by atoms with van der Waals surface area (Å²) in [6.07, 6.45) is -3.90. The van der Waals surface area contributed by atoms with Crippen LogP contribution in [0.5, 0.6) is 5.75 Å². The van der Waals surface area contributed by atoms with E-state index in [-0.39, 0.29) is 12.6 Å². The molecule has 146 valence electrons. The van der Waals surface area contributed by atoms with Gasteiger partial charge in [-0.2, -0.15) is 13.2 Å². The van der Waals surface area contributed by atoms with Gasteiger partial charge >= 0.3 is 6.18 Å². The third-order valence-electron chi connectivity index (χ3n) is 4.64. The summed E-state index contributed by atoms with van der Waals surface area (Å²) in [7, 11) is 0. The summed E-state index contributed by atoms with van der Waals surface area (Å²) >= 11 is 0. The van der Waals surface area contributed by atoms with Crippen molar-refractivity contribution >= 4 is 0 Å². The number of aliphatic hydroxyl groups excluding tert-OH is 1. The van der Waals surface area contributed by atoms with Crippen molar-refractivity contribution in [3.8, 4) is 5.75 Å². The van der Waals surface area contributed by atoms with E-state index in [2.05, 4.69) is 10.2 Å². The van der Waals surface area contributed by atoms with Gasteiger partial charge in [0.1, 0.15) is 5.75 Å². The first-order chi connectivity index (χ1) is 12.8. The molecular formula is C20H23F3N2O2. The highest BCUT2D eigenvalue weighted by Crippen LogP contribution is 2.32. The number of hydrogen-bond donors (Lipinski definition) is 3. The molecule has 1 aliphatic heterocycles. The summed E-state index contributed by atoms with van der Waals surface area (Å²) in [5, 5.41) is 22.2. The fourth-order valence-corrected chi connectivity index (χ4v) is 3.27. The number of phenolic OH excluding ortho intramolecular Hbond substituents is 1. The molecule has 2 aromatic rings. The van der Waals surface area contributed by atoms with Gasteiger partial charge in [-0.15, -0.1) is 0 Å². The number of rotatable bonds is 6. The number of hydrogen-bond acceptors (Lipinski definition) is 4. The zero-order valence-corrected chi connectivity index (χ0v) is 14.8. The summed E-state index contributed by atoms with van der Waals surface area (Å²) in [5.74, 6) is -0.391. The van der Waals surface area contributed by atoms with E-state index in [1.54, 1.807) is 0 Å². The molecule has 0 aliphatic carbocycles. The van der Waals surface area contributed by atoms with Gasteiger partial charge in [0.25, 0.3) is 0 Å². The molecule has 3 rings (SSSR count). The van der Waals surface area contributed by atoms with Crippen LogP contribution in [0.15, 0.2) is 42.5 Å². The molecule has 7 heteroatoms. The first-order valence-corrected chi connectivity index (χ1v) is 8.89. The van der Waals surface area contributed by atoms with Crippen LogP contribution in [0.25, 0.3) is 0 Å². The molecule has 0 spiro atoms. The predicted octanol–water partition coefficient (Wildman–Crippen LogP) is 3.27. The van der Waals surface area contributed by atoms with Gasteiger partial charge in [-0.05, 0) is 41.3 Å². The number of aliphatic hydroxyl groups is 1. The predicted molar refractivity (Wildman–Crippen MR) is 96.0 cm³/mol. The van der Waals surface area contributed by atoms with E-state index in [0.717, 1.165) is 42.8 Å². The van der Waals surface area contributed by atoms with Gasteiger partial charge in [-0.25, -0.2) is 0 Å². The second-order valence-corrected chi connectivity index (χ2v) is 6.98. The fraction of sp³-hybridized carbons (Fsp3) is 0.400. The standard InChI is InChI=1S/C20H23F3N2O2/c21-20(22,23)17-7-16(8-19(27)9-17)11-24-10-14-1-3-15(4-2-14)12-25-6-5-18(26)13-25/h1-4,7-9,18,24,26-27H,5-6,10-13H2. The first-order valence-electron chi connectivity index (χ1n) is 8.89. The molecule has 0 saturated carbocycles. The van der Waals surface area contributed by atoms with Crippen LogP contribution >= 0.6 is 0 Å². The third kappa shape index (κ3) is 5.69. The van der Waals surface area contributed by atoms with E-state index >= 15 is 0 Å². The molecule has 0 bridgehead atoms. The SMILES string of the molecule is Oc1cc(CNCc2ccc(CN3CCC(O)C3)cc2)cc(C(F)(F)F)c1. The van der Waals surface area contributed by atoms with Gasteiger partial charge in [0.15, 0.2) is 0 Å². The Bertz CT molecular complexity index is 763. The lowest BCUT2D eigenvalue weighted by Gasteiger charge is -2.15. The summed E-state index contributed by atoms with van der Waals surface area (Å²) in [4.78, 5) is 2.21. The quantitative estimate of drug-likeness (QED) is 0.720. The lowest BCUT2D eigenvalue weighted by atomic mass is 10.1. The van der Waals surface area contributed by atoms with E-state index in [1.807, 2.05) is 24.3 Å². The fourth-order valence-electron chi connectivity index (χ4n) is 3.27. The van der Waals surface area contributed by atoms with Gasteiger partial charge < -0.3 is 15.5 Å². The molecule has 1 heterocycles. The minimum absolute atomic E-state index is 0.227. The summed E-state index contributed by atoms with van der Waals surface area (Å²) < 4.78 is 38.4. The largest absolute Gasteiger partial charge is 0.508 e. The summed E-state index contributed by atoms with van der Waals surface area (Å²) in [6.45, 7) is 3.14. The van der Waals surface area contributed by atoms with Crippen molar-refractivity contribution in [2.45, 2.75) is 38.3 Å². The van der Waals surface area contributed by atoms with Crippen molar-refractivity contribution in [3.05, 3.63) is 64.7 Å². The Kier molecular flexibility index (Phi) is 6.04. The zero-order valence-electron chi connectivity index (χ0n) is 14.8. The van der Waals surface area contributed by atoms with Gasteiger partial charge in [0.2, 0.25) is 0 Å². The van der Waals surface area contributed by atoms with Crippen LogP contribution < -0.4 is 5.32 Å². The highest BCUT2D eigenvalue weighted by atomic mass is 19.4. The molecule has 3 N–H and O–H groups in total. The Hall–Kier alpha value is -2.09. The highest BCUT2D eigenvalue weighted by molar-refractivity contribution is 5.35. The average Bonchev–Trinajstić information content (AvgIpc) is 3.00. The third-order valence-corrected chi connectivity index (χ3v) is 4.64. The van der Waals surface area contributed by atoms with Crippen molar-refractivity contribution < 1.29 is 23.4 Å². The van der Waals surface area contributed by atoms with E-state index < -0.39 is 17.5 Å². The second kappa shape index (κ2) is 8.29. The van der Waals surface area contributed by atoms with Crippen LogP contribution in [0.4, 0.5) is 13.2 Å². The van der Waals surface area contributed by atoms with Crippen LogP contribution in [0.2, 0.25) is 0 Å². The Morgan fingerprint density at radius 1 is 1.00 bits per heavy atom. The van der Waals surface area contributed by atoms with Crippen LogP contribution in [0, 0.1) is 0 Å². The Balaban J connectivity index is 1.51. The first kappa shape index (κ1) is 19.7. The average molecular weight is 380 g/mol. The topological polar surface area (TPSA) is 55.7 Å². The second-order valence-electron chi connectivity index (χ2n) is 6.98. The monoisotopic (exact) mass is 380 g/mol. The number of benzene rings is 2. The van der Waals surface area contributed by atoms with Crippen LogP contribution in [0.3, 0.4) is 0 Å². The van der Waals surface area contributed by atoms with Gasteiger partial charge in [-0.3, -0.25) is 4.90 Å². The molecule has 0 radical (unpaired) electrons. The molecule has 1 atom stereocenters. The lowest BCUT2D eigenvalue weighted by molar-refractivity contribution is -0.137. The Morgan fingerprint density at radius 2 is 1.67 bits per heavy atom. The normalized spacial score (nSPS) is 18.1. The molecule has 1 aliphatic rings. The van der Waals surface area contributed by atoms with Crippen molar-refractivity contribution in [2.75, 3.05) is 13.1 Å². The molecule has 0 aromatic heterocycles. The molecule has 1 saturated heterocycles. The van der Waals surface area contributed by atoms with Crippen molar-refractivity contribution in [3.63, 3.8) is 0 Å². The maximum atomic E-state index is 12.8. The van der Waals surface area contributed by atoms with Crippen LogP contribution in [-0.2, 0) is 25.8 Å². The Morgan fingerprint density at radius 3 is 2.30 bits per heavy atom. The van der Waals surface area contributed by atoms with Gasteiger partial charge in [0, 0.05) is 32.7 Å². The number of nitrogens with one attached hydrogen (secondary N) is 1. The molecule has 2 aromatic carbocycles. The Labute approximate surface area is 156 Å². The van der Waals surface area contributed by atoms with E-state index in [4.69, 9.17) is 0 Å². The smallest absolute Gasteiger partial charge is 0.416 e. The van der Waals surface area contributed by atoms with Crippen LogP contribution in [0.1, 0.15) is 28.7 Å². The van der Waals surface area contributed by atoms with E-state index in [1.165, 1.54) is 6.07 Å². The number of alkyl halides is 3. The number of likely N-dealkylation sites (tertiary alicyclic amines) is 1. The maximum absolute atomic E-state index is 12.8. The van der Waals surface area contributed by atoms with Crippen molar-refractivity contribution in [1.82, 2.24) is 10.2 Å². The van der Waals surface area contributed by atoms with Crippen molar-refractivity contribution in [1.29, 1.82) is 0 Å². The van der Waals surface area contributed by atoms with Gasteiger partial charge in [0.05, 0.1) is 11.7 Å². The molecular weight excluding hydrogens is 357 g/mol. The molecule has 1 fully saturated rings. The minimum atomic E-state index is -4.48. The lowest BCUT2D eigenvalue weighted by Crippen LogP contribution is -2.21. The van der Waals surface area contributed by atoms with Gasteiger partial charge in [-0.1, -0.05) is 24.3 Å². The molecule has 27 heavy (non-hydrogen) atoms. The number of halogens is 3. The molecule has 4 nitrogen and oxygen atoms in total. The van der Waals surface area contributed by atoms with E-state index in [0.29, 0.717) is 18.7 Å². The van der Waals surface area contributed by atoms with Crippen LogP contribution in [-0.4, -0.2) is 34.3 Å². The number of nitrogens with zero attached hydrogens (tertiary/aromatic N) is 1. The number of phenols is 1. The maximum Gasteiger partial charge on any atom is 0.416 e. The van der Waals surface area contributed by atoms with E-state index in [9.17, 15) is 23.4 Å². The number of aromatic hydroxyl groups is 1. The summed E-state index contributed by atoms with van der Waals surface area (Å²) in [6, 6.07) is 11.1. The zero-order chi connectivity index (χ0) is 19.4. The number of β-amino-alcohol motifs (C(OH)–C–C–N with tert-alkyl or cyclic N) is 1. The van der Waals surface area contributed by atoms with Crippen molar-refractivity contribution in [2.24, 2.45) is 0 Å². The molecule has 0 amide bonds. The summed E-state index contributed by atoms with van der Waals surface area (Å²) in [5.41, 5.74) is 1.72. The molecule has 1 unspecified atom stereocenters.